The number of anilines is 2. The van der Waals surface area contributed by atoms with Crippen molar-refractivity contribution in [1.29, 1.82) is 0 Å². The molecule has 1 heterocycles. The Hall–Kier alpha value is -1.85. The maximum Gasteiger partial charge on any atom is 0.265 e. The summed E-state index contributed by atoms with van der Waals surface area (Å²) in [4.78, 5) is 13.0. The van der Waals surface area contributed by atoms with E-state index in [0.29, 0.717) is 30.8 Å². The maximum atomic E-state index is 12.9. The molecule has 1 saturated heterocycles. The van der Waals surface area contributed by atoms with Gasteiger partial charge in [0.05, 0.1) is 0 Å². The van der Waals surface area contributed by atoms with Crippen molar-refractivity contribution in [2.75, 3.05) is 24.6 Å². The number of rotatable bonds is 3. The van der Waals surface area contributed by atoms with Crippen LogP contribution in [0.3, 0.4) is 0 Å². The van der Waals surface area contributed by atoms with Crippen molar-refractivity contribution in [3.8, 4) is 0 Å². The molecular weight excluding hydrogens is 252 g/mol. The molecule has 1 atom stereocenters. The first kappa shape index (κ1) is 13.6. The highest BCUT2D eigenvalue weighted by atomic mass is 19.3. The number of nitrogens with two attached hydrogens (primary N) is 1. The van der Waals surface area contributed by atoms with Gasteiger partial charge in [0.2, 0.25) is 5.91 Å². The molecule has 1 amide bonds. The first-order chi connectivity index (χ1) is 8.97. The normalized spacial score (nSPS) is 19.9. The first-order valence-electron chi connectivity index (χ1n) is 6.15. The third kappa shape index (κ3) is 3.13. The van der Waals surface area contributed by atoms with E-state index in [0.717, 1.165) is 0 Å². The van der Waals surface area contributed by atoms with Crippen LogP contribution in [0.1, 0.15) is 24.8 Å². The molecule has 1 fully saturated rings. The summed E-state index contributed by atoms with van der Waals surface area (Å²) in [5.74, 6) is 0.0874. The van der Waals surface area contributed by atoms with Gasteiger partial charge in [-0.25, -0.2) is 8.78 Å². The predicted molar refractivity (Wildman–Crippen MR) is 70.1 cm³/mol. The van der Waals surface area contributed by atoms with Gasteiger partial charge in [0, 0.05) is 43.0 Å². The van der Waals surface area contributed by atoms with Gasteiger partial charge in [0.15, 0.2) is 0 Å². The van der Waals surface area contributed by atoms with E-state index in [4.69, 9.17) is 5.73 Å². The van der Waals surface area contributed by atoms with Crippen LogP contribution in [0.25, 0.3) is 0 Å². The lowest BCUT2D eigenvalue weighted by Gasteiger charge is -2.31. The lowest BCUT2D eigenvalue weighted by Crippen LogP contribution is -2.43. The van der Waals surface area contributed by atoms with Gasteiger partial charge in [-0.15, -0.1) is 0 Å². The molecule has 1 aliphatic heterocycles. The molecule has 104 valence electrons. The molecule has 2 rings (SSSR count). The number of alkyl halides is 2. The van der Waals surface area contributed by atoms with Crippen molar-refractivity contribution in [3.63, 3.8) is 0 Å². The first-order valence-corrected chi connectivity index (χ1v) is 6.15. The second kappa shape index (κ2) is 5.42. The lowest BCUT2D eigenvalue weighted by atomic mass is 10.0. The molecule has 0 spiro atoms. The molecule has 0 saturated carbocycles. The quantitative estimate of drug-likeness (QED) is 0.827. The van der Waals surface area contributed by atoms with Crippen molar-refractivity contribution in [2.24, 2.45) is 0 Å². The Labute approximate surface area is 110 Å². The number of benzene rings is 1. The summed E-state index contributed by atoms with van der Waals surface area (Å²) in [6.45, 7) is 0.520. The zero-order valence-corrected chi connectivity index (χ0v) is 10.7. The third-order valence-electron chi connectivity index (χ3n) is 3.30. The van der Waals surface area contributed by atoms with E-state index < -0.39 is 6.43 Å². The van der Waals surface area contributed by atoms with Crippen LogP contribution >= 0.6 is 0 Å². The Morgan fingerprint density at radius 3 is 2.84 bits per heavy atom. The van der Waals surface area contributed by atoms with Gasteiger partial charge in [-0.05, 0) is 24.6 Å². The summed E-state index contributed by atoms with van der Waals surface area (Å²) < 4.78 is 25.9. The number of nitrogens with zero attached hydrogens (tertiary/aromatic N) is 1. The number of nitrogen functional groups attached to an aromatic ring is 1. The summed E-state index contributed by atoms with van der Waals surface area (Å²) in [6, 6.07) is 4.42. The topological polar surface area (TPSA) is 58.4 Å². The number of likely N-dealkylation sites (tertiary alicyclic amines) is 1. The van der Waals surface area contributed by atoms with Crippen LogP contribution in [0.15, 0.2) is 18.2 Å². The Morgan fingerprint density at radius 1 is 1.47 bits per heavy atom. The van der Waals surface area contributed by atoms with Crippen molar-refractivity contribution < 1.29 is 13.6 Å². The Morgan fingerprint density at radius 2 is 2.21 bits per heavy atom. The molecule has 0 bridgehead atoms. The zero-order valence-electron chi connectivity index (χ0n) is 10.7. The Bertz CT molecular complexity index is 479. The van der Waals surface area contributed by atoms with Gasteiger partial charge in [0.1, 0.15) is 0 Å². The van der Waals surface area contributed by atoms with Crippen molar-refractivity contribution in [3.05, 3.63) is 23.8 Å². The van der Waals surface area contributed by atoms with E-state index in [1.807, 2.05) is 0 Å². The minimum absolute atomic E-state index is 0.0103. The predicted octanol–water partition coefficient (Wildman–Crippen LogP) is 2.24. The lowest BCUT2D eigenvalue weighted by molar-refractivity contribution is -0.132. The number of nitrogens with one attached hydrogen (secondary N) is 1. The van der Waals surface area contributed by atoms with Gasteiger partial charge in [-0.1, -0.05) is 0 Å². The fraction of sp³-hybridized carbons (Fsp3) is 0.462. The molecule has 0 aromatic heterocycles. The standard InChI is InChI=1S/C13H17F2N3O/c1-18-7-9(3-5-12(18)19)17-11-4-2-8(16)6-10(11)13(14)15/h2,4,6,9,13,17H,3,5,7,16H2,1H3. The Kier molecular flexibility index (Phi) is 3.87. The molecule has 3 N–H and O–H groups in total. The highest BCUT2D eigenvalue weighted by Gasteiger charge is 2.24. The summed E-state index contributed by atoms with van der Waals surface area (Å²) in [5, 5.41) is 3.08. The zero-order chi connectivity index (χ0) is 14.0. The van der Waals surface area contributed by atoms with Crippen LogP contribution in [-0.2, 0) is 4.79 Å². The molecule has 4 nitrogen and oxygen atoms in total. The highest BCUT2D eigenvalue weighted by molar-refractivity contribution is 5.77. The smallest absolute Gasteiger partial charge is 0.265 e. The summed E-state index contributed by atoms with van der Waals surface area (Å²) in [5.41, 5.74) is 6.13. The van der Waals surface area contributed by atoms with Crippen LogP contribution < -0.4 is 11.1 Å². The average Bonchev–Trinajstić information content (AvgIpc) is 2.36. The summed E-state index contributed by atoms with van der Waals surface area (Å²) in [7, 11) is 1.72. The van der Waals surface area contributed by atoms with Gasteiger partial charge >= 0.3 is 0 Å². The average molecular weight is 269 g/mol. The van der Waals surface area contributed by atoms with Crippen molar-refractivity contribution >= 4 is 17.3 Å². The van der Waals surface area contributed by atoms with Gasteiger partial charge in [-0.2, -0.15) is 0 Å². The molecule has 0 radical (unpaired) electrons. The summed E-state index contributed by atoms with van der Waals surface area (Å²) >= 11 is 0. The van der Waals surface area contributed by atoms with E-state index in [9.17, 15) is 13.6 Å². The van der Waals surface area contributed by atoms with E-state index in [1.54, 1.807) is 24.1 Å². The number of hydrogen-bond donors (Lipinski definition) is 2. The minimum atomic E-state index is -2.58. The number of amides is 1. The monoisotopic (exact) mass is 269 g/mol. The number of carbonyl (C=O) groups is 1. The largest absolute Gasteiger partial charge is 0.399 e. The number of hydrogen-bond acceptors (Lipinski definition) is 3. The number of carbonyl (C=O) groups excluding carboxylic acids is 1. The molecule has 6 heteroatoms. The van der Waals surface area contributed by atoms with Crippen LogP contribution in [-0.4, -0.2) is 30.4 Å². The SMILES string of the molecule is CN1CC(Nc2ccc(N)cc2C(F)F)CCC1=O. The van der Waals surface area contributed by atoms with E-state index in [-0.39, 0.29) is 17.5 Å². The molecule has 19 heavy (non-hydrogen) atoms. The fourth-order valence-electron chi connectivity index (χ4n) is 2.24. The van der Waals surface area contributed by atoms with Gasteiger partial charge < -0.3 is 16.0 Å². The second-order valence-electron chi connectivity index (χ2n) is 4.80. The molecule has 1 unspecified atom stereocenters. The van der Waals surface area contributed by atoms with Gasteiger partial charge in [0.25, 0.3) is 6.43 Å². The fourth-order valence-corrected chi connectivity index (χ4v) is 2.24. The van der Waals surface area contributed by atoms with E-state index in [1.165, 1.54) is 6.07 Å². The molecule has 0 aliphatic carbocycles. The second-order valence-corrected chi connectivity index (χ2v) is 4.80. The van der Waals surface area contributed by atoms with Crippen molar-refractivity contribution in [2.45, 2.75) is 25.3 Å². The highest BCUT2D eigenvalue weighted by Crippen LogP contribution is 2.30. The number of likely N-dealkylation sites (N-methyl/N-ethyl adjacent to an activating group) is 1. The van der Waals surface area contributed by atoms with Crippen LogP contribution in [0.4, 0.5) is 20.2 Å². The minimum Gasteiger partial charge on any atom is -0.399 e. The third-order valence-corrected chi connectivity index (χ3v) is 3.30. The number of halogens is 2. The molecule has 1 aromatic rings. The maximum absolute atomic E-state index is 12.9. The Balaban J connectivity index is 2.13. The van der Waals surface area contributed by atoms with Crippen LogP contribution in [0.2, 0.25) is 0 Å². The van der Waals surface area contributed by atoms with Crippen LogP contribution in [0, 0.1) is 0 Å². The molecule has 1 aromatic carbocycles. The molecular formula is C13H17F2N3O. The van der Waals surface area contributed by atoms with Crippen molar-refractivity contribution in [1.82, 2.24) is 4.90 Å². The van der Waals surface area contributed by atoms with Gasteiger partial charge in [-0.3, -0.25) is 4.79 Å². The van der Waals surface area contributed by atoms with Crippen LogP contribution in [0.5, 0.6) is 0 Å². The van der Waals surface area contributed by atoms with E-state index in [2.05, 4.69) is 5.32 Å². The summed E-state index contributed by atoms with van der Waals surface area (Å²) in [6.07, 6.45) is -1.49. The number of piperidine rings is 1. The van der Waals surface area contributed by atoms with E-state index >= 15 is 0 Å². The molecule has 1 aliphatic rings.